The highest BCUT2D eigenvalue weighted by Crippen LogP contribution is 2.26. The normalized spacial score (nSPS) is 23.1. The van der Waals surface area contributed by atoms with Gasteiger partial charge in [-0.2, -0.15) is 0 Å². The second-order valence-corrected chi connectivity index (χ2v) is 8.29. The summed E-state index contributed by atoms with van der Waals surface area (Å²) >= 11 is 7.86. The number of likely N-dealkylation sites (tertiary alicyclic amines) is 1. The van der Waals surface area contributed by atoms with Crippen LogP contribution in [0.4, 0.5) is 0 Å². The summed E-state index contributed by atoms with van der Waals surface area (Å²) in [7, 11) is 0. The number of carbonyl (C=O) groups excluding carboxylic acids is 2. The molecule has 0 saturated carbocycles. The minimum atomic E-state index is -0.0515. The molecule has 0 aromatic heterocycles. The first kappa shape index (κ1) is 19.5. The molecule has 2 atom stereocenters. The molecule has 3 rings (SSSR count). The molecular weight excluding hydrogens is 370 g/mol. The van der Waals surface area contributed by atoms with Gasteiger partial charge in [0.1, 0.15) is 0 Å². The molecule has 2 heterocycles. The van der Waals surface area contributed by atoms with Gasteiger partial charge in [-0.15, -0.1) is 11.8 Å². The zero-order valence-corrected chi connectivity index (χ0v) is 16.7. The van der Waals surface area contributed by atoms with Crippen molar-refractivity contribution in [2.45, 2.75) is 36.6 Å². The van der Waals surface area contributed by atoms with Crippen molar-refractivity contribution in [2.75, 3.05) is 32.4 Å². The predicted octanol–water partition coefficient (Wildman–Crippen LogP) is 2.78. The number of halogens is 1. The molecule has 2 N–H and O–H groups in total. The van der Waals surface area contributed by atoms with Crippen LogP contribution >= 0.6 is 23.4 Å². The third-order valence-electron chi connectivity index (χ3n) is 5.15. The van der Waals surface area contributed by atoms with Gasteiger partial charge in [0.25, 0.3) is 5.91 Å². The average Bonchev–Trinajstić information content (AvgIpc) is 3.21. The number of thioether (sulfide) groups is 1. The molecule has 2 aliphatic rings. The van der Waals surface area contributed by atoms with Crippen molar-refractivity contribution in [3.63, 3.8) is 0 Å². The van der Waals surface area contributed by atoms with Crippen molar-refractivity contribution in [3.05, 3.63) is 28.8 Å². The molecule has 2 unspecified atom stereocenters. The number of hydrogen-bond acceptors (Lipinski definition) is 4. The Hall–Kier alpha value is -1.24. The van der Waals surface area contributed by atoms with E-state index in [2.05, 4.69) is 10.6 Å². The Balaban J connectivity index is 1.57. The number of amides is 2. The van der Waals surface area contributed by atoms with Gasteiger partial charge in [0.05, 0.1) is 16.6 Å². The molecule has 7 heteroatoms. The van der Waals surface area contributed by atoms with Crippen molar-refractivity contribution >= 4 is 35.2 Å². The molecular formula is C19H26ClN3O2S. The SMILES string of the molecule is CSc1ccc(Cl)c(C(=O)N2CCCC(CNC(=O)C3CCCN3)C2)c1. The van der Waals surface area contributed by atoms with Crippen molar-refractivity contribution in [1.82, 2.24) is 15.5 Å². The summed E-state index contributed by atoms with van der Waals surface area (Å²) in [5, 5.41) is 6.77. The van der Waals surface area contributed by atoms with E-state index in [4.69, 9.17) is 11.6 Å². The van der Waals surface area contributed by atoms with Crippen LogP contribution < -0.4 is 10.6 Å². The van der Waals surface area contributed by atoms with Gasteiger partial charge in [-0.1, -0.05) is 11.6 Å². The van der Waals surface area contributed by atoms with Gasteiger partial charge in [-0.25, -0.2) is 0 Å². The van der Waals surface area contributed by atoms with Gasteiger partial charge >= 0.3 is 0 Å². The first-order valence-corrected chi connectivity index (χ1v) is 10.8. The Morgan fingerprint density at radius 2 is 2.19 bits per heavy atom. The average molecular weight is 396 g/mol. The lowest BCUT2D eigenvalue weighted by atomic mass is 9.97. The fourth-order valence-electron chi connectivity index (χ4n) is 3.66. The lowest BCUT2D eigenvalue weighted by molar-refractivity contribution is -0.123. The number of rotatable bonds is 5. The van der Waals surface area contributed by atoms with E-state index in [1.54, 1.807) is 17.8 Å². The number of nitrogens with one attached hydrogen (secondary N) is 2. The molecule has 2 amide bonds. The summed E-state index contributed by atoms with van der Waals surface area (Å²) in [6.45, 7) is 2.95. The van der Waals surface area contributed by atoms with Crippen LogP contribution in [0.25, 0.3) is 0 Å². The molecule has 2 saturated heterocycles. The topological polar surface area (TPSA) is 61.4 Å². The van der Waals surface area contributed by atoms with Gasteiger partial charge in [0.15, 0.2) is 0 Å². The Kier molecular flexibility index (Phi) is 6.84. The minimum Gasteiger partial charge on any atom is -0.354 e. The summed E-state index contributed by atoms with van der Waals surface area (Å²) in [6.07, 6.45) is 5.93. The fourth-order valence-corrected chi connectivity index (χ4v) is 4.30. The Labute approximate surface area is 164 Å². The maximum absolute atomic E-state index is 12.9. The monoisotopic (exact) mass is 395 g/mol. The second-order valence-electron chi connectivity index (χ2n) is 7.00. The Bertz CT molecular complexity index is 664. The highest BCUT2D eigenvalue weighted by molar-refractivity contribution is 7.98. The van der Waals surface area contributed by atoms with Crippen LogP contribution in [-0.2, 0) is 4.79 Å². The summed E-state index contributed by atoms with van der Waals surface area (Å²) < 4.78 is 0. The zero-order valence-electron chi connectivity index (χ0n) is 15.1. The third kappa shape index (κ3) is 4.72. The minimum absolute atomic E-state index is 0.0145. The van der Waals surface area contributed by atoms with Crippen LogP contribution in [0.1, 0.15) is 36.0 Å². The van der Waals surface area contributed by atoms with Gasteiger partial charge in [0, 0.05) is 24.5 Å². The number of nitrogens with zero attached hydrogens (tertiary/aromatic N) is 1. The van der Waals surface area contributed by atoms with Gasteiger partial charge < -0.3 is 15.5 Å². The molecule has 0 radical (unpaired) electrons. The maximum atomic E-state index is 12.9. The van der Waals surface area contributed by atoms with Crippen molar-refractivity contribution in [3.8, 4) is 0 Å². The van der Waals surface area contributed by atoms with Crippen molar-refractivity contribution in [1.29, 1.82) is 0 Å². The van der Waals surface area contributed by atoms with Crippen LogP contribution in [0.3, 0.4) is 0 Å². The predicted molar refractivity (Wildman–Crippen MR) is 106 cm³/mol. The summed E-state index contributed by atoms with van der Waals surface area (Å²) in [5.74, 6) is 0.363. The van der Waals surface area contributed by atoms with Crippen LogP contribution in [-0.4, -0.2) is 55.2 Å². The number of hydrogen-bond donors (Lipinski definition) is 2. The Morgan fingerprint density at radius 3 is 2.92 bits per heavy atom. The fraction of sp³-hybridized carbons (Fsp3) is 0.579. The van der Waals surface area contributed by atoms with Crippen LogP contribution in [0.5, 0.6) is 0 Å². The van der Waals surface area contributed by atoms with E-state index in [0.717, 1.165) is 43.7 Å². The maximum Gasteiger partial charge on any atom is 0.255 e. The smallest absolute Gasteiger partial charge is 0.255 e. The van der Waals surface area contributed by atoms with Gasteiger partial charge in [0.2, 0.25) is 5.91 Å². The van der Waals surface area contributed by atoms with Crippen LogP contribution in [0.15, 0.2) is 23.1 Å². The van der Waals surface area contributed by atoms with E-state index >= 15 is 0 Å². The van der Waals surface area contributed by atoms with E-state index in [0.29, 0.717) is 29.6 Å². The highest BCUT2D eigenvalue weighted by Gasteiger charge is 2.27. The van der Waals surface area contributed by atoms with Gasteiger partial charge in [-0.3, -0.25) is 9.59 Å². The molecule has 1 aromatic rings. The highest BCUT2D eigenvalue weighted by atomic mass is 35.5. The zero-order chi connectivity index (χ0) is 18.5. The standard InChI is InChI=1S/C19H26ClN3O2S/c1-26-14-6-7-16(20)15(10-14)19(25)23-9-3-4-13(12-23)11-22-18(24)17-5-2-8-21-17/h6-7,10,13,17,21H,2-5,8-9,11-12H2,1H3,(H,22,24). The van der Waals surface area contributed by atoms with Crippen LogP contribution in [0, 0.1) is 5.92 Å². The second kappa shape index (κ2) is 9.11. The molecule has 0 aliphatic carbocycles. The first-order valence-electron chi connectivity index (χ1n) is 9.22. The van der Waals surface area contributed by atoms with Gasteiger partial charge in [-0.05, 0) is 62.6 Å². The third-order valence-corrected chi connectivity index (χ3v) is 6.21. The van der Waals surface area contributed by atoms with E-state index < -0.39 is 0 Å². The molecule has 0 spiro atoms. The molecule has 26 heavy (non-hydrogen) atoms. The summed E-state index contributed by atoms with van der Waals surface area (Å²) in [4.78, 5) is 28.0. The molecule has 0 bridgehead atoms. The van der Waals surface area contributed by atoms with E-state index in [-0.39, 0.29) is 17.9 Å². The number of carbonyl (C=O) groups is 2. The first-order chi connectivity index (χ1) is 12.6. The number of piperidine rings is 1. The number of benzene rings is 1. The molecule has 2 fully saturated rings. The van der Waals surface area contributed by atoms with E-state index in [1.165, 1.54) is 0 Å². The van der Waals surface area contributed by atoms with Crippen molar-refractivity contribution < 1.29 is 9.59 Å². The molecule has 142 valence electrons. The largest absolute Gasteiger partial charge is 0.354 e. The lowest BCUT2D eigenvalue weighted by Gasteiger charge is -2.33. The van der Waals surface area contributed by atoms with E-state index in [1.807, 2.05) is 23.3 Å². The lowest BCUT2D eigenvalue weighted by Crippen LogP contribution is -2.46. The molecule has 2 aliphatic heterocycles. The van der Waals surface area contributed by atoms with Crippen molar-refractivity contribution in [2.24, 2.45) is 5.92 Å². The Morgan fingerprint density at radius 1 is 1.35 bits per heavy atom. The summed E-state index contributed by atoms with van der Waals surface area (Å²) in [5.41, 5.74) is 0.568. The van der Waals surface area contributed by atoms with E-state index in [9.17, 15) is 9.59 Å². The van der Waals surface area contributed by atoms with Crippen LogP contribution in [0.2, 0.25) is 5.02 Å². The summed E-state index contributed by atoms with van der Waals surface area (Å²) in [6, 6.07) is 5.53. The molecule has 5 nitrogen and oxygen atoms in total. The molecule has 1 aromatic carbocycles. The quantitative estimate of drug-likeness (QED) is 0.752.